The second-order valence-corrected chi connectivity index (χ2v) is 5.70. The summed E-state index contributed by atoms with van der Waals surface area (Å²) in [6, 6.07) is 8.93. The number of Topliss-reactive ketones (excluding diaryl/α,β-unsaturated/α-hetero) is 1. The average Bonchev–Trinajstić information content (AvgIpc) is 2.62. The molecule has 1 unspecified atom stereocenters. The normalized spacial score (nSPS) is 17.8. The van der Waals surface area contributed by atoms with Crippen molar-refractivity contribution >= 4 is 11.7 Å². The summed E-state index contributed by atoms with van der Waals surface area (Å²) in [5, 5.41) is 0. The van der Waals surface area contributed by atoms with Gasteiger partial charge in [0.15, 0.2) is 5.78 Å². The van der Waals surface area contributed by atoms with Crippen LogP contribution in [0.4, 0.5) is 4.39 Å². The quantitative estimate of drug-likeness (QED) is 0.819. The molecule has 0 spiro atoms. The van der Waals surface area contributed by atoms with Crippen LogP contribution in [0.3, 0.4) is 0 Å². The fourth-order valence-corrected chi connectivity index (χ4v) is 2.90. The van der Waals surface area contributed by atoms with Crippen molar-refractivity contribution in [3.63, 3.8) is 0 Å². The number of hydrogen-bond donors (Lipinski definition) is 0. The van der Waals surface area contributed by atoms with E-state index >= 15 is 0 Å². The lowest BCUT2D eigenvalue weighted by atomic mass is 9.89. The molecule has 2 aromatic rings. The number of benzene rings is 1. The molecular weight excluding hydrogens is 295 g/mol. The molecule has 0 aliphatic carbocycles. The zero-order chi connectivity index (χ0) is 16.2. The largest absolute Gasteiger partial charge is 0.338 e. The SMILES string of the molecule is O=C(c1ccc(F)cc1)C1CCCN(C(=O)c2ccncc2)C1. The number of nitrogens with zero attached hydrogens (tertiary/aromatic N) is 2. The molecule has 1 fully saturated rings. The molecule has 1 saturated heterocycles. The van der Waals surface area contributed by atoms with Crippen LogP contribution in [0.25, 0.3) is 0 Å². The second kappa shape index (κ2) is 6.69. The Bertz CT molecular complexity index is 701. The Kier molecular flexibility index (Phi) is 4.46. The molecule has 0 bridgehead atoms. The van der Waals surface area contributed by atoms with Crippen molar-refractivity contribution in [1.82, 2.24) is 9.88 Å². The number of halogens is 1. The Balaban J connectivity index is 1.72. The van der Waals surface area contributed by atoms with Crippen LogP contribution in [0.5, 0.6) is 0 Å². The Labute approximate surface area is 134 Å². The summed E-state index contributed by atoms with van der Waals surface area (Å²) in [5.74, 6) is -0.707. The number of ketones is 1. The summed E-state index contributed by atoms with van der Waals surface area (Å²) < 4.78 is 13.0. The van der Waals surface area contributed by atoms with Gasteiger partial charge in [0.25, 0.3) is 5.91 Å². The number of hydrogen-bond acceptors (Lipinski definition) is 3. The van der Waals surface area contributed by atoms with Crippen LogP contribution in [0, 0.1) is 11.7 Å². The third kappa shape index (κ3) is 3.44. The second-order valence-electron chi connectivity index (χ2n) is 5.70. The molecule has 0 N–H and O–H groups in total. The average molecular weight is 312 g/mol. The van der Waals surface area contributed by atoms with Gasteiger partial charge in [-0.1, -0.05) is 0 Å². The standard InChI is InChI=1S/C18H17FN2O2/c19-16-5-3-13(4-6-16)17(22)15-2-1-11-21(12-15)18(23)14-7-9-20-10-8-14/h3-10,15H,1-2,11-12H2. The van der Waals surface area contributed by atoms with Gasteiger partial charge in [-0.25, -0.2) is 4.39 Å². The Hall–Kier alpha value is -2.56. The van der Waals surface area contributed by atoms with Crippen LogP contribution in [0.1, 0.15) is 33.6 Å². The van der Waals surface area contributed by atoms with Crippen molar-refractivity contribution < 1.29 is 14.0 Å². The highest BCUT2D eigenvalue weighted by molar-refractivity contribution is 5.99. The van der Waals surface area contributed by atoms with Crippen molar-refractivity contribution in [2.45, 2.75) is 12.8 Å². The predicted molar refractivity (Wildman–Crippen MR) is 83.6 cm³/mol. The van der Waals surface area contributed by atoms with Crippen LogP contribution in [0.2, 0.25) is 0 Å². The molecular formula is C18H17FN2O2. The number of carbonyl (C=O) groups excluding carboxylic acids is 2. The molecule has 0 radical (unpaired) electrons. The predicted octanol–water partition coefficient (Wildman–Crippen LogP) is 2.96. The zero-order valence-corrected chi connectivity index (χ0v) is 12.6. The van der Waals surface area contributed by atoms with Crippen LogP contribution in [-0.4, -0.2) is 34.7 Å². The van der Waals surface area contributed by atoms with E-state index in [1.54, 1.807) is 29.4 Å². The molecule has 23 heavy (non-hydrogen) atoms. The Morgan fingerprint density at radius 2 is 1.74 bits per heavy atom. The number of carbonyl (C=O) groups is 2. The lowest BCUT2D eigenvalue weighted by molar-refractivity contribution is 0.0637. The molecule has 1 aliphatic heterocycles. The Morgan fingerprint density at radius 3 is 2.43 bits per heavy atom. The fraction of sp³-hybridized carbons (Fsp3) is 0.278. The highest BCUT2D eigenvalue weighted by Gasteiger charge is 2.29. The number of likely N-dealkylation sites (tertiary alicyclic amines) is 1. The lowest BCUT2D eigenvalue weighted by Gasteiger charge is -2.32. The van der Waals surface area contributed by atoms with Gasteiger partial charge in [-0.3, -0.25) is 14.6 Å². The summed E-state index contributed by atoms with van der Waals surface area (Å²) in [5.41, 5.74) is 1.07. The number of piperidine rings is 1. The molecule has 0 saturated carbocycles. The number of amides is 1. The van der Waals surface area contributed by atoms with E-state index in [1.807, 2.05) is 0 Å². The monoisotopic (exact) mass is 312 g/mol. The van der Waals surface area contributed by atoms with Gasteiger partial charge in [-0.05, 0) is 49.2 Å². The van der Waals surface area contributed by atoms with Crippen LogP contribution in [-0.2, 0) is 0 Å². The minimum absolute atomic E-state index is 0.0303. The molecule has 1 amide bonds. The molecule has 1 atom stereocenters. The van der Waals surface area contributed by atoms with E-state index in [-0.39, 0.29) is 23.4 Å². The van der Waals surface area contributed by atoms with E-state index in [1.165, 1.54) is 24.3 Å². The first-order valence-corrected chi connectivity index (χ1v) is 7.64. The molecule has 1 aliphatic rings. The van der Waals surface area contributed by atoms with Gasteiger partial charge in [-0.15, -0.1) is 0 Å². The van der Waals surface area contributed by atoms with Gasteiger partial charge in [0, 0.05) is 42.5 Å². The summed E-state index contributed by atoms with van der Waals surface area (Å²) in [7, 11) is 0. The molecule has 2 heterocycles. The summed E-state index contributed by atoms with van der Waals surface area (Å²) in [6.45, 7) is 1.05. The van der Waals surface area contributed by atoms with Crippen molar-refractivity contribution in [3.8, 4) is 0 Å². The van der Waals surface area contributed by atoms with E-state index in [0.29, 0.717) is 24.2 Å². The molecule has 3 rings (SSSR count). The number of aromatic nitrogens is 1. The van der Waals surface area contributed by atoms with Crippen molar-refractivity contribution in [2.75, 3.05) is 13.1 Å². The Morgan fingerprint density at radius 1 is 1.04 bits per heavy atom. The smallest absolute Gasteiger partial charge is 0.253 e. The topological polar surface area (TPSA) is 50.3 Å². The van der Waals surface area contributed by atoms with Gasteiger partial charge < -0.3 is 4.90 Å². The molecule has 1 aromatic carbocycles. The maximum absolute atomic E-state index is 13.0. The molecule has 5 heteroatoms. The summed E-state index contributed by atoms with van der Waals surface area (Å²) in [4.78, 5) is 30.7. The van der Waals surface area contributed by atoms with Gasteiger partial charge in [0.2, 0.25) is 0 Å². The van der Waals surface area contributed by atoms with E-state index in [4.69, 9.17) is 0 Å². The highest BCUT2D eigenvalue weighted by atomic mass is 19.1. The van der Waals surface area contributed by atoms with Crippen LogP contribution < -0.4 is 0 Å². The van der Waals surface area contributed by atoms with Gasteiger partial charge in [0.05, 0.1) is 0 Å². The number of rotatable bonds is 3. The molecule has 118 valence electrons. The highest BCUT2D eigenvalue weighted by Crippen LogP contribution is 2.22. The van der Waals surface area contributed by atoms with E-state index in [0.717, 1.165) is 12.8 Å². The van der Waals surface area contributed by atoms with Crippen LogP contribution >= 0.6 is 0 Å². The fourth-order valence-electron chi connectivity index (χ4n) is 2.90. The van der Waals surface area contributed by atoms with E-state index < -0.39 is 0 Å². The first-order chi connectivity index (χ1) is 11.1. The lowest BCUT2D eigenvalue weighted by Crippen LogP contribution is -2.42. The minimum Gasteiger partial charge on any atom is -0.338 e. The van der Waals surface area contributed by atoms with Gasteiger partial charge in [0.1, 0.15) is 5.82 Å². The van der Waals surface area contributed by atoms with Crippen molar-refractivity contribution in [2.24, 2.45) is 5.92 Å². The van der Waals surface area contributed by atoms with E-state index in [2.05, 4.69) is 4.98 Å². The van der Waals surface area contributed by atoms with Gasteiger partial charge >= 0.3 is 0 Å². The van der Waals surface area contributed by atoms with Crippen LogP contribution in [0.15, 0.2) is 48.8 Å². The van der Waals surface area contributed by atoms with Crippen molar-refractivity contribution in [1.29, 1.82) is 0 Å². The van der Waals surface area contributed by atoms with Crippen molar-refractivity contribution in [3.05, 3.63) is 65.7 Å². The van der Waals surface area contributed by atoms with Gasteiger partial charge in [-0.2, -0.15) is 0 Å². The zero-order valence-electron chi connectivity index (χ0n) is 12.6. The maximum Gasteiger partial charge on any atom is 0.253 e. The number of pyridine rings is 1. The third-order valence-corrected chi connectivity index (χ3v) is 4.14. The molecule has 4 nitrogen and oxygen atoms in total. The minimum atomic E-state index is -0.361. The summed E-state index contributed by atoms with van der Waals surface area (Å²) in [6.07, 6.45) is 4.70. The van der Waals surface area contributed by atoms with E-state index in [9.17, 15) is 14.0 Å². The maximum atomic E-state index is 13.0. The summed E-state index contributed by atoms with van der Waals surface area (Å²) >= 11 is 0. The third-order valence-electron chi connectivity index (χ3n) is 4.14. The first-order valence-electron chi connectivity index (χ1n) is 7.64. The molecule has 1 aromatic heterocycles. The first kappa shape index (κ1) is 15.3.